The number of hydrogen-bond donors (Lipinski definition) is 1. The molecule has 1 N–H and O–H groups in total. The van der Waals surface area contributed by atoms with E-state index in [1.54, 1.807) is 0 Å². The molecule has 1 heterocycles. The summed E-state index contributed by atoms with van der Waals surface area (Å²) < 4.78 is 0. The zero-order valence-corrected chi connectivity index (χ0v) is 12.0. The maximum Gasteiger partial charge on any atom is 0.223 e. The summed E-state index contributed by atoms with van der Waals surface area (Å²) in [7, 11) is 0. The predicted molar refractivity (Wildman–Crippen MR) is 75.9 cm³/mol. The zero-order chi connectivity index (χ0) is 13.1. The minimum absolute atomic E-state index is 0.456. The molecule has 1 aliphatic carbocycles. The largest absolute Gasteiger partial charge is 0.351 e. The fourth-order valence-electron chi connectivity index (χ4n) is 2.70. The van der Waals surface area contributed by atoms with Crippen molar-refractivity contribution < 1.29 is 0 Å². The molecule has 1 saturated carbocycles. The zero-order valence-electron chi connectivity index (χ0n) is 12.0. The van der Waals surface area contributed by atoms with Crippen LogP contribution in [0.2, 0.25) is 0 Å². The van der Waals surface area contributed by atoms with Crippen LogP contribution < -0.4 is 5.32 Å². The molecule has 1 aliphatic rings. The highest BCUT2D eigenvalue weighted by Gasteiger charge is 2.19. The van der Waals surface area contributed by atoms with Gasteiger partial charge in [-0.15, -0.1) is 0 Å². The molecule has 2 atom stereocenters. The van der Waals surface area contributed by atoms with E-state index in [-0.39, 0.29) is 0 Å². The molecule has 0 radical (unpaired) electrons. The summed E-state index contributed by atoms with van der Waals surface area (Å²) in [4.78, 5) is 9.14. The summed E-state index contributed by atoms with van der Waals surface area (Å²) in [6.07, 6.45) is 5.18. The summed E-state index contributed by atoms with van der Waals surface area (Å²) in [6.45, 7) is 8.73. The minimum Gasteiger partial charge on any atom is -0.351 e. The van der Waals surface area contributed by atoms with E-state index in [4.69, 9.17) is 0 Å². The van der Waals surface area contributed by atoms with E-state index in [0.717, 1.165) is 23.3 Å². The first-order chi connectivity index (χ1) is 8.54. The van der Waals surface area contributed by atoms with Crippen LogP contribution in [0.25, 0.3) is 0 Å². The van der Waals surface area contributed by atoms with E-state index in [2.05, 4.69) is 42.1 Å². The van der Waals surface area contributed by atoms with E-state index in [1.807, 2.05) is 6.92 Å². The SMILES string of the molecule is Cc1cc(C(C)C)nc(NC2CCCC(C)C2)n1. The van der Waals surface area contributed by atoms with Crippen molar-refractivity contribution in [3.8, 4) is 0 Å². The van der Waals surface area contributed by atoms with Crippen LogP contribution in [0.15, 0.2) is 6.07 Å². The number of nitrogens with zero attached hydrogens (tertiary/aromatic N) is 2. The van der Waals surface area contributed by atoms with Crippen molar-refractivity contribution in [3.63, 3.8) is 0 Å². The summed E-state index contributed by atoms with van der Waals surface area (Å²) in [5.74, 6) is 2.10. The molecule has 0 aliphatic heterocycles. The molecule has 0 amide bonds. The van der Waals surface area contributed by atoms with Crippen molar-refractivity contribution in [2.24, 2.45) is 5.92 Å². The van der Waals surface area contributed by atoms with Crippen LogP contribution in [-0.2, 0) is 0 Å². The first-order valence-electron chi connectivity index (χ1n) is 7.16. The average Bonchev–Trinajstić information content (AvgIpc) is 2.28. The molecular formula is C15H25N3. The quantitative estimate of drug-likeness (QED) is 0.880. The Morgan fingerprint density at radius 2 is 2.06 bits per heavy atom. The molecule has 18 heavy (non-hydrogen) atoms. The van der Waals surface area contributed by atoms with Gasteiger partial charge >= 0.3 is 0 Å². The van der Waals surface area contributed by atoms with Gasteiger partial charge < -0.3 is 5.32 Å². The van der Waals surface area contributed by atoms with Gasteiger partial charge in [-0.25, -0.2) is 9.97 Å². The van der Waals surface area contributed by atoms with E-state index in [1.165, 1.54) is 25.7 Å². The van der Waals surface area contributed by atoms with Gasteiger partial charge in [0.15, 0.2) is 0 Å². The maximum absolute atomic E-state index is 4.63. The standard InChI is InChI=1S/C15H25N3/c1-10(2)14-9-12(4)16-15(18-14)17-13-7-5-6-11(3)8-13/h9-11,13H,5-8H2,1-4H3,(H,16,17,18). The number of aryl methyl sites for hydroxylation is 1. The molecule has 0 spiro atoms. The number of hydrogen-bond acceptors (Lipinski definition) is 3. The number of aromatic nitrogens is 2. The molecule has 2 unspecified atom stereocenters. The van der Waals surface area contributed by atoms with Crippen LogP contribution in [0.1, 0.15) is 63.8 Å². The smallest absolute Gasteiger partial charge is 0.223 e. The second-order valence-electron chi connectivity index (χ2n) is 6.03. The molecule has 2 rings (SSSR count). The van der Waals surface area contributed by atoms with Crippen LogP contribution in [0.3, 0.4) is 0 Å². The van der Waals surface area contributed by atoms with Gasteiger partial charge in [0.2, 0.25) is 5.95 Å². The highest BCUT2D eigenvalue weighted by molar-refractivity contribution is 5.30. The number of rotatable bonds is 3. The summed E-state index contributed by atoms with van der Waals surface area (Å²) in [5.41, 5.74) is 2.19. The summed E-state index contributed by atoms with van der Waals surface area (Å²) in [6, 6.07) is 2.63. The molecule has 1 aromatic rings. The molecule has 3 heteroatoms. The Balaban J connectivity index is 2.08. The molecule has 0 saturated heterocycles. The predicted octanol–water partition coefficient (Wildman–Crippen LogP) is 3.90. The van der Waals surface area contributed by atoms with Crippen molar-refractivity contribution in [2.75, 3.05) is 5.32 Å². The van der Waals surface area contributed by atoms with E-state index in [9.17, 15) is 0 Å². The topological polar surface area (TPSA) is 37.8 Å². The van der Waals surface area contributed by atoms with Gasteiger partial charge in [-0.2, -0.15) is 0 Å². The van der Waals surface area contributed by atoms with Gasteiger partial charge in [-0.1, -0.05) is 33.6 Å². The molecule has 0 aromatic carbocycles. The highest BCUT2D eigenvalue weighted by Crippen LogP contribution is 2.25. The van der Waals surface area contributed by atoms with Crippen LogP contribution in [0.4, 0.5) is 5.95 Å². The van der Waals surface area contributed by atoms with Crippen molar-refractivity contribution in [1.29, 1.82) is 0 Å². The third-order valence-corrected chi connectivity index (χ3v) is 3.74. The fourth-order valence-corrected chi connectivity index (χ4v) is 2.70. The average molecular weight is 247 g/mol. The molecule has 3 nitrogen and oxygen atoms in total. The molecule has 1 aromatic heterocycles. The fraction of sp³-hybridized carbons (Fsp3) is 0.733. The van der Waals surface area contributed by atoms with E-state index >= 15 is 0 Å². The first kappa shape index (κ1) is 13.3. The highest BCUT2D eigenvalue weighted by atomic mass is 15.1. The van der Waals surface area contributed by atoms with Crippen molar-refractivity contribution in [3.05, 3.63) is 17.5 Å². The number of nitrogens with one attached hydrogen (secondary N) is 1. The Morgan fingerprint density at radius 1 is 1.28 bits per heavy atom. The van der Waals surface area contributed by atoms with E-state index < -0.39 is 0 Å². The van der Waals surface area contributed by atoms with Crippen LogP contribution >= 0.6 is 0 Å². The Labute approximate surface area is 110 Å². The van der Waals surface area contributed by atoms with Gasteiger partial charge in [-0.3, -0.25) is 0 Å². The number of anilines is 1. The summed E-state index contributed by atoms with van der Waals surface area (Å²) in [5, 5.41) is 3.53. The van der Waals surface area contributed by atoms with Gasteiger partial charge in [0, 0.05) is 17.4 Å². The molecule has 100 valence electrons. The second kappa shape index (κ2) is 5.68. The lowest BCUT2D eigenvalue weighted by Crippen LogP contribution is -2.27. The summed E-state index contributed by atoms with van der Waals surface area (Å²) >= 11 is 0. The van der Waals surface area contributed by atoms with Gasteiger partial charge in [-0.05, 0) is 37.7 Å². The normalized spacial score (nSPS) is 24.3. The lowest BCUT2D eigenvalue weighted by atomic mass is 9.87. The maximum atomic E-state index is 4.63. The molecular weight excluding hydrogens is 222 g/mol. The van der Waals surface area contributed by atoms with Crippen molar-refractivity contribution in [1.82, 2.24) is 9.97 Å². The third kappa shape index (κ3) is 3.44. The molecule has 1 fully saturated rings. The lowest BCUT2D eigenvalue weighted by molar-refractivity contribution is 0.357. The minimum atomic E-state index is 0.456. The van der Waals surface area contributed by atoms with Crippen LogP contribution in [-0.4, -0.2) is 16.0 Å². The molecule has 0 bridgehead atoms. The first-order valence-corrected chi connectivity index (χ1v) is 7.16. The second-order valence-corrected chi connectivity index (χ2v) is 6.03. The van der Waals surface area contributed by atoms with Gasteiger partial charge in [0.25, 0.3) is 0 Å². The van der Waals surface area contributed by atoms with Gasteiger partial charge in [0.05, 0.1) is 0 Å². The third-order valence-electron chi connectivity index (χ3n) is 3.74. The monoisotopic (exact) mass is 247 g/mol. The lowest BCUT2D eigenvalue weighted by Gasteiger charge is -2.27. The van der Waals surface area contributed by atoms with Crippen LogP contribution in [0, 0.1) is 12.8 Å². The Bertz CT molecular complexity index is 401. The van der Waals surface area contributed by atoms with Crippen LogP contribution in [0.5, 0.6) is 0 Å². The van der Waals surface area contributed by atoms with Gasteiger partial charge in [0.1, 0.15) is 0 Å². The Morgan fingerprint density at radius 3 is 2.72 bits per heavy atom. The van der Waals surface area contributed by atoms with Crippen molar-refractivity contribution >= 4 is 5.95 Å². The Hall–Kier alpha value is -1.12. The Kier molecular flexibility index (Phi) is 4.20. The van der Waals surface area contributed by atoms with Crippen molar-refractivity contribution in [2.45, 2.75) is 65.3 Å². The van der Waals surface area contributed by atoms with E-state index in [0.29, 0.717) is 12.0 Å².